The average Bonchev–Trinajstić information content (AvgIpc) is 2.66. The van der Waals surface area contributed by atoms with E-state index in [4.69, 9.17) is 21.1 Å². The highest BCUT2D eigenvalue weighted by Crippen LogP contribution is 2.35. The highest BCUT2D eigenvalue weighted by Gasteiger charge is 2.15. The number of rotatable bonds is 7. The van der Waals surface area contributed by atoms with Gasteiger partial charge in [-0.3, -0.25) is 9.59 Å². The summed E-state index contributed by atoms with van der Waals surface area (Å²) in [5, 5.41) is 5.95. The van der Waals surface area contributed by atoms with Crippen LogP contribution >= 0.6 is 11.6 Å². The zero-order valence-corrected chi connectivity index (χ0v) is 16.5. The number of hydrogen-bond acceptors (Lipinski definition) is 4. The molecule has 0 radical (unpaired) electrons. The molecule has 2 rings (SSSR count). The lowest BCUT2D eigenvalue weighted by Crippen LogP contribution is -2.23. The minimum absolute atomic E-state index is 0.0404. The molecule has 0 heterocycles. The molecule has 0 atom stereocenters. The van der Waals surface area contributed by atoms with E-state index in [0.717, 1.165) is 11.3 Å². The largest absolute Gasteiger partial charge is 0.493 e. The van der Waals surface area contributed by atoms with Crippen LogP contribution in [0.3, 0.4) is 0 Å². The van der Waals surface area contributed by atoms with E-state index in [2.05, 4.69) is 10.6 Å². The van der Waals surface area contributed by atoms with Gasteiger partial charge in [-0.2, -0.15) is 0 Å². The van der Waals surface area contributed by atoms with Crippen LogP contribution in [0.1, 0.15) is 29.8 Å². The molecule has 2 N–H and O–H groups in total. The number of hydrogen-bond donors (Lipinski definition) is 2. The Hall–Kier alpha value is -2.73. The van der Waals surface area contributed by atoms with Crippen molar-refractivity contribution in [1.29, 1.82) is 0 Å². The fourth-order valence-corrected chi connectivity index (χ4v) is 2.61. The van der Waals surface area contributed by atoms with E-state index in [0.29, 0.717) is 28.6 Å². The second kappa shape index (κ2) is 9.28. The van der Waals surface area contributed by atoms with Gasteiger partial charge in [-0.1, -0.05) is 37.6 Å². The molecule has 0 spiro atoms. The summed E-state index contributed by atoms with van der Waals surface area (Å²) in [5.41, 5.74) is 1.99. The van der Waals surface area contributed by atoms with Gasteiger partial charge in [-0.25, -0.2) is 0 Å². The Bertz CT molecular complexity index is 819. The molecule has 0 fully saturated rings. The zero-order valence-electron chi connectivity index (χ0n) is 15.8. The normalized spacial score (nSPS) is 10.4. The smallest absolute Gasteiger partial charge is 0.251 e. The van der Waals surface area contributed by atoms with Crippen LogP contribution in [0.15, 0.2) is 36.4 Å². The topological polar surface area (TPSA) is 76.7 Å². The molecular formula is C20H23ClN2O4. The first-order valence-electron chi connectivity index (χ1n) is 8.45. The van der Waals surface area contributed by atoms with Crippen LogP contribution in [0.25, 0.3) is 0 Å². The number of methoxy groups -OCH3 is 2. The summed E-state index contributed by atoms with van der Waals surface area (Å²) in [5.74, 6) is 0.365. The third-order valence-corrected chi connectivity index (χ3v) is 4.18. The van der Waals surface area contributed by atoms with Crippen LogP contribution in [0.4, 0.5) is 5.69 Å². The van der Waals surface area contributed by atoms with Crippen LogP contribution in [0.5, 0.6) is 11.5 Å². The Kier molecular flexibility index (Phi) is 7.07. The predicted octanol–water partition coefficient (Wildman–Crippen LogP) is 3.88. The fourth-order valence-electron chi connectivity index (χ4n) is 2.33. The molecule has 2 aromatic rings. The summed E-state index contributed by atoms with van der Waals surface area (Å²) in [6.45, 7) is 4.00. The lowest BCUT2D eigenvalue weighted by Gasteiger charge is -2.12. The first-order chi connectivity index (χ1) is 12.8. The molecule has 0 saturated heterocycles. The number of benzene rings is 2. The second-order valence-electron chi connectivity index (χ2n) is 6.22. The molecular weight excluding hydrogens is 368 g/mol. The molecule has 0 saturated carbocycles. The van der Waals surface area contributed by atoms with E-state index in [1.54, 1.807) is 18.2 Å². The Morgan fingerprint density at radius 2 is 1.74 bits per heavy atom. The van der Waals surface area contributed by atoms with Crippen molar-refractivity contribution in [2.45, 2.75) is 20.4 Å². The molecule has 0 aliphatic carbocycles. The highest BCUT2D eigenvalue weighted by molar-refractivity contribution is 6.32. The number of halogens is 1. The Morgan fingerprint density at radius 3 is 2.30 bits per heavy atom. The van der Waals surface area contributed by atoms with Crippen molar-refractivity contribution in [1.82, 2.24) is 5.32 Å². The molecule has 0 aromatic heterocycles. The van der Waals surface area contributed by atoms with Gasteiger partial charge < -0.3 is 20.1 Å². The van der Waals surface area contributed by atoms with Gasteiger partial charge in [-0.05, 0) is 29.8 Å². The average molecular weight is 391 g/mol. The van der Waals surface area contributed by atoms with Gasteiger partial charge in [0.25, 0.3) is 5.91 Å². The molecule has 27 heavy (non-hydrogen) atoms. The van der Waals surface area contributed by atoms with Crippen molar-refractivity contribution >= 4 is 29.1 Å². The number of anilines is 1. The molecule has 0 aliphatic rings. The van der Waals surface area contributed by atoms with E-state index < -0.39 is 0 Å². The summed E-state index contributed by atoms with van der Waals surface area (Å²) < 4.78 is 10.4. The first-order valence-corrected chi connectivity index (χ1v) is 8.83. The third kappa shape index (κ3) is 5.37. The molecule has 0 unspecified atom stereocenters. The lowest BCUT2D eigenvalue weighted by atomic mass is 10.1. The molecule has 0 aliphatic heterocycles. The van der Waals surface area contributed by atoms with Crippen molar-refractivity contribution in [2.75, 3.05) is 19.5 Å². The van der Waals surface area contributed by atoms with E-state index in [1.807, 2.05) is 26.0 Å². The van der Waals surface area contributed by atoms with Gasteiger partial charge >= 0.3 is 0 Å². The van der Waals surface area contributed by atoms with E-state index in [-0.39, 0.29) is 17.7 Å². The van der Waals surface area contributed by atoms with Crippen LogP contribution in [-0.4, -0.2) is 26.0 Å². The maximum Gasteiger partial charge on any atom is 0.251 e. The zero-order chi connectivity index (χ0) is 20.0. The van der Waals surface area contributed by atoms with Crippen molar-refractivity contribution < 1.29 is 19.1 Å². The van der Waals surface area contributed by atoms with Crippen LogP contribution < -0.4 is 20.1 Å². The highest BCUT2D eigenvalue weighted by atomic mass is 35.5. The van der Waals surface area contributed by atoms with Crippen molar-refractivity contribution in [3.63, 3.8) is 0 Å². The molecule has 7 heteroatoms. The molecule has 6 nitrogen and oxygen atoms in total. The quantitative estimate of drug-likeness (QED) is 0.752. The van der Waals surface area contributed by atoms with E-state index in [1.165, 1.54) is 20.3 Å². The summed E-state index contributed by atoms with van der Waals surface area (Å²) in [6.07, 6.45) is 0. The summed E-state index contributed by atoms with van der Waals surface area (Å²) in [6, 6.07) is 10.4. The summed E-state index contributed by atoms with van der Waals surface area (Å²) in [4.78, 5) is 24.1. The van der Waals surface area contributed by atoms with E-state index in [9.17, 15) is 9.59 Å². The van der Waals surface area contributed by atoms with Gasteiger partial charge in [0, 0.05) is 23.7 Å². The Balaban J connectivity index is 2.01. The van der Waals surface area contributed by atoms with Crippen molar-refractivity contribution in [3.8, 4) is 11.5 Å². The van der Waals surface area contributed by atoms with Gasteiger partial charge in [0.2, 0.25) is 5.91 Å². The van der Waals surface area contributed by atoms with Crippen LogP contribution in [0, 0.1) is 5.92 Å². The van der Waals surface area contributed by atoms with Gasteiger partial charge in [-0.15, -0.1) is 0 Å². The predicted molar refractivity (Wildman–Crippen MR) is 106 cm³/mol. The van der Waals surface area contributed by atoms with Gasteiger partial charge in [0.1, 0.15) is 0 Å². The number of carbonyl (C=O) groups excluding carboxylic acids is 2. The maximum atomic E-state index is 12.4. The first kappa shape index (κ1) is 20.6. The molecule has 2 aromatic carbocycles. The van der Waals surface area contributed by atoms with Crippen LogP contribution in [-0.2, 0) is 11.3 Å². The molecule has 144 valence electrons. The Morgan fingerprint density at radius 1 is 1.07 bits per heavy atom. The van der Waals surface area contributed by atoms with Gasteiger partial charge in [0.15, 0.2) is 11.5 Å². The van der Waals surface area contributed by atoms with Crippen LogP contribution in [0.2, 0.25) is 5.02 Å². The molecule has 2 amide bonds. The second-order valence-corrected chi connectivity index (χ2v) is 6.62. The summed E-state index contributed by atoms with van der Waals surface area (Å²) >= 11 is 6.14. The fraction of sp³-hybridized carbons (Fsp3) is 0.300. The standard InChI is InChI=1S/C20H23ClN2O4/c1-12(2)19(24)23-15-7-5-13(6-8-15)11-22-20(25)14-9-16(21)18(27-4)17(10-14)26-3/h5-10,12H,11H2,1-4H3,(H,22,25)(H,23,24). The summed E-state index contributed by atoms with van der Waals surface area (Å²) in [7, 11) is 2.96. The number of ether oxygens (including phenoxy) is 2. The Labute approximate surface area is 163 Å². The van der Waals surface area contributed by atoms with E-state index >= 15 is 0 Å². The maximum absolute atomic E-state index is 12.4. The minimum Gasteiger partial charge on any atom is -0.493 e. The lowest BCUT2D eigenvalue weighted by molar-refractivity contribution is -0.118. The number of amides is 2. The SMILES string of the molecule is COc1cc(C(=O)NCc2ccc(NC(=O)C(C)C)cc2)cc(Cl)c1OC. The van der Waals surface area contributed by atoms with Crippen molar-refractivity contribution in [2.24, 2.45) is 5.92 Å². The number of carbonyl (C=O) groups is 2. The third-order valence-electron chi connectivity index (χ3n) is 3.89. The van der Waals surface area contributed by atoms with Crippen molar-refractivity contribution in [3.05, 3.63) is 52.5 Å². The monoisotopic (exact) mass is 390 g/mol. The number of nitrogens with one attached hydrogen (secondary N) is 2. The minimum atomic E-state index is -0.282. The molecule has 0 bridgehead atoms. The van der Waals surface area contributed by atoms with Gasteiger partial charge in [0.05, 0.1) is 19.2 Å².